The largest absolute Gasteiger partial charge is 0.497 e. The number of methoxy groups -OCH3 is 1. The topological polar surface area (TPSA) is 12.5 Å². The number of hydrogen-bond donors (Lipinski definition) is 0. The molecule has 0 aliphatic rings. The zero-order valence-corrected chi connectivity index (χ0v) is 12.6. The van der Waals surface area contributed by atoms with E-state index in [1.807, 2.05) is 24.3 Å². The Morgan fingerprint density at radius 1 is 0.727 bits per heavy atom. The van der Waals surface area contributed by atoms with Crippen LogP contribution in [0.4, 0.5) is 11.4 Å². The summed E-state index contributed by atoms with van der Waals surface area (Å²) < 4.78 is 5.33. The predicted molar refractivity (Wildman–Crippen MR) is 91.7 cm³/mol. The maximum atomic E-state index is 5.33. The van der Waals surface area contributed by atoms with Crippen LogP contribution in [0.5, 0.6) is 5.75 Å². The summed E-state index contributed by atoms with van der Waals surface area (Å²) in [6.45, 7) is 0.797. The summed E-state index contributed by atoms with van der Waals surface area (Å²) in [6, 6.07) is 29.1. The van der Waals surface area contributed by atoms with Gasteiger partial charge in [0.05, 0.1) is 7.11 Å². The van der Waals surface area contributed by atoms with Gasteiger partial charge in [0.15, 0.2) is 0 Å². The molecule has 3 rings (SSSR count). The summed E-state index contributed by atoms with van der Waals surface area (Å²) in [6.07, 6.45) is 0. The van der Waals surface area contributed by atoms with E-state index in [2.05, 4.69) is 65.6 Å². The molecule has 0 unspecified atom stereocenters. The van der Waals surface area contributed by atoms with Crippen LogP contribution in [0.15, 0.2) is 84.9 Å². The van der Waals surface area contributed by atoms with Crippen molar-refractivity contribution in [1.29, 1.82) is 0 Å². The Labute approximate surface area is 131 Å². The molecule has 0 heterocycles. The molecule has 0 aromatic heterocycles. The number of rotatable bonds is 5. The van der Waals surface area contributed by atoms with Crippen molar-refractivity contribution in [2.45, 2.75) is 6.54 Å². The molecule has 0 atom stereocenters. The Hall–Kier alpha value is -2.74. The molecule has 0 aliphatic heterocycles. The summed E-state index contributed by atoms with van der Waals surface area (Å²) >= 11 is 0. The van der Waals surface area contributed by atoms with Crippen molar-refractivity contribution in [3.63, 3.8) is 0 Å². The number of benzene rings is 3. The van der Waals surface area contributed by atoms with Crippen LogP contribution in [0, 0.1) is 0 Å². The Morgan fingerprint density at radius 2 is 1.32 bits per heavy atom. The van der Waals surface area contributed by atoms with Crippen LogP contribution in [0.2, 0.25) is 0 Å². The second-order valence-electron chi connectivity index (χ2n) is 5.11. The molecule has 22 heavy (non-hydrogen) atoms. The van der Waals surface area contributed by atoms with Crippen LogP contribution in [-0.2, 0) is 6.54 Å². The van der Waals surface area contributed by atoms with Gasteiger partial charge in [-0.3, -0.25) is 0 Å². The first kappa shape index (κ1) is 14.2. The second-order valence-corrected chi connectivity index (χ2v) is 5.11. The lowest BCUT2D eigenvalue weighted by atomic mass is 10.1. The molecule has 3 aromatic carbocycles. The van der Waals surface area contributed by atoms with Crippen LogP contribution in [0.3, 0.4) is 0 Å². The highest BCUT2D eigenvalue weighted by Crippen LogP contribution is 2.27. The lowest BCUT2D eigenvalue weighted by Gasteiger charge is -2.25. The maximum absolute atomic E-state index is 5.33. The van der Waals surface area contributed by atoms with Gasteiger partial charge in [-0.25, -0.2) is 0 Å². The van der Waals surface area contributed by atoms with Gasteiger partial charge in [-0.05, 0) is 42.0 Å². The Bertz CT molecular complexity index is 671. The molecule has 2 heteroatoms. The summed E-state index contributed by atoms with van der Waals surface area (Å²) in [5, 5.41) is 0. The highest BCUT2D eigenvalue weighted by atomic mass is 16.5. The summed E-state index contributed by atoms with van der Waals surface area (Å²) in [7, 11) is 1.70. The fraction of sp³-hybridized carbons (Fsp3) is 0.100. The molecule has 0 saturated carbocycles. The zero-order valence-electron chi connectivity index (χ0n) is 12.6. The molecule has 0 bridgehead atoms. The van der Waals surface area contributed by atoms with E-state index >= 15 is 0 Å². The minimum absolute atomic E-state index is 0.797. The first-order chi connectivity index (χ1) is 10.9. The van der Waals surface area contributed by atoms with Gasteiger partial charge < -0.3 is 9.64 Å². The van der Waals surface area contributed by atoms with Gasteiger partial charge in [-0.2, -0.15) is 0 Å². The fourth-order valence-corrected chi connectivity index (χ4v) is 2.50. The van der Waals surface area contributed by atoms with Crippen LogP contribution in [0.25, 0.3) is 0 Å². The van der Waals surface area contributed by atoms with Crippen molar-refractivity contribution in [1.82, 2.24) is 0 Å². The number of para-hydroxylation sites is 2. The first-order valence-corrected chi connectivity index (χ1v) is 7.37. The fourth-order valence-electron chi connectivity index (χ4n) is 2.50. The lowest BCUT2D eigenvalue weighted by molar-refractivity contribution is 0.414. The number of anilines is 2. The van der Waals surface area contributed by atoms with Gasteiger partial charge in [0.2, 0.25) is 0 Å². The first-order valence-electron chi connectivity index (χ1n) is 7.37. The minimum atomic E-state index is 0.797. The molecule has 110 valence electrons. The van der Waals surface area contributed by atoms with Crippen LogP contribution < -0.4 is 9.64 Å². The van der Waals surface area contributed by atoms with E-state index in [9.17, 15) is 0 Å². The van der Waals surface area contributed by atoms with Gasteiger partial charge in [-0.15, -0.1) is 0 Å². The summed E-state index contributed by atoms with van der Waals surface area (Å²) in [5.74, 6) is 0.888. The van der Waals surface area contributed by atoms with E-state index < -0.39 is 0 Å². The molecule has 0 fully saturated rings. The number of hydrogen-bond acceptors (Lipinski definition) is 2. The zero-order chi connectivity index (χ0) is 15.2. The van der Waals surface area contributed by atoms with E-state index in [0.717, 1.165) is 12.3 Å². The highest BCUT2D eigenvalue weighted by Gasteiger charge is 2.10. The summed E-state index contributed by atoms with van der Waals surface area (Å²) in [5.41, 5.74) is 3.57. The maximum Gasteiger partial charge on any atom is 0.119 e. The minimum Gasteiger partial charge on any atom is -0.497 e. The molecule has 2 nitrogen and oxygen atoms in total. The van der Waals surface area contributed by atoms with Crippen LogP contribution >= 0.6 is 0 Å². The molecule has 0 spiro atoms. The van der Waals surface area contributed by atoms with Crippen molar-refractivity contribution in [2.75, 3.05) is 12.0 Å². The predicted octanol–water partition coefficient (Wildman–Crippen LogP) is 5.03. The molecular weight excluding hydrogens is 270 g/mol. The average Bonchev–Trinajstić information content (AvgIpc) is 2.61. The van der Waals surface area contributed by atoms with Crippen molar-refractivity contribution in [3.05, 3.63) is 90.5 Å². The van der Waals surface area contributed by atoms with Crippen LogP contribution in [-0.4, -0.2) is 7.11 Å². The van der Waals surface area contributed by atoms with Gasteiger partial charge >= 0.3 is 0 Å². The second kappa shape index (κ2) is 6.81. The van der Waals surface area contributed by atoms with Gasteiger partial charge in [0.25, 0.3) is 0 Å². The third-order valence-corrected chi connectivity index (χ3v) is 3.61. The molecular formula is C20H19NO. The van der Waals surface area contributed by atoms with Gasteiger partial charge in [-0.1, -0.05) is 48.5 Å². The van der Waals surface area contributed by atoms with E-state index in [1.165, 1.54) is 16.9 Å². The number of ether oxygens (including phenoxy) is 1. The SMILES string of the molecule is COc1cccc(CN(c2ccccc2)c2ccccc2)c1. The smallest absolute Gasteiger partial charge is 0.119 e. The van der Waals surface area contributed by atoms with E-state index in [-0.39, 0.29) is 0 Å². The molecule has 0 radical (unpaired) electrons. The van der Waals surface area contributed by atoms with Crippen molar-refractivity contribution >= 4 is 11.4 Å². The van der Waals surface area contributed by atoms with Gasteiger partial charge in [0, 0.05) is 17.9 Å². The molecule has 3 aromatic rings. The highest BCUT2D eigenvalue weighted by molar-refractivity contribution is 5.63. The third kappa shape index (κ3) is 3.29. The van der Waals surface area contributed by atoms with Crippen LogP contribution in [0.1, 0.15) is 5.56 Å². The Morgan fingerprint density at radius 3 is 1.86 bits per heavy atom. The number of nitrogens with zero attached hydrogens (tertiary/aromatic N) is 1. The molecule has 0 N–H and O–H groups in total. The van der Waals surface area contributed by atoms with Crippen molar-refractivity contribution in [2.24, 2.45) is 0 Å². The van der Waals surface area contributed by atoms with E-state index in [1.54, 1.807) is 7.11 Å². The Kier molecular flexibility index (Phi) is 4.40. The molecule has 0 aliphatic carbocycles. The lowest BCUT2D eigenvalue weighted by Crippen LogP contribution is -2.16. The Balaban J connectivity index is 1.95. The standard InChI is InChI=1S/C20H19NO/c1-22-20-14-8-9-17(15-20)16-21(18-10-4-2-5-11-18)19-12-6-3-7-13-19/h2-15H,16H2,1H3. The van der Waals surface area contributed by atoms with Crippen molar-refractivity contribution in [3.8, 4) is 5.75 Å². The average molecular weight is 289 g/mol. The normalized spacial score (nSPS) is 10.2. The van der Waals surface area contributed by atoms with E-state index in [0.29, 0.717) is 0 Å². The third-order valence-electron chi connectivity index (χ3n) is 3.61. The van der Waals surface area contributed by atoms with Crippen molar-refractivity contribution < 1.29 is 4.74 Å². The quantitative estimate of drug-likeness (QED) is 0.653. The van der Waals surface area contributed by atoms with Gasteiger partial charge in [0.1, 0.15) is 5.75 Å². The van der Waals surface area contributed by atoms with E-state index in [4.69, 9.17) is 4.74 Å². The monoisotopic (exact) mass is 289 g/mol. The molecule has 0 saturated heterocycles. The summed E-state index contributed by atoms with van der Waals surface area (Å²) in [4.78, 5) is 2.30. The molecule has 0 amide bonds.